The third kappa shape index (κ3) is 1.94. The lowest BCUT2D eigenvalue weighted by Crippen LogP contribution is -2.44. The highest BCUT2D eigenvalue weighted by Gasteiger charge is 2.55. The maximum atomic E-state index is 14.0. The van der Waals surface area contributed by atoms with Gasteiger partial charge in [-0.1, -0.05) is 5.92 Å². The fourth-order valence-corrected chi connectivity index (χ4v) is 1.91. The number of ether oxygens (including phenoxy) is 1. The van der Waals surface area contributed by atoms with Gasteiger partial charge < -0.3 is 20.7 Å². The van der Waals surface area contributed by atoms with Crippen LogP contribution in [0.1, 0.15) is 6.23 Å². The molecule has 1 fully saturated rings. The molecule has 0 bridgehead atoms. The van der Waals surface area contributed by atoms with Gasteiger partial charge in [0.2, 0.25) is 0 Å². The van der Waals surface area contributed by atoms with Crippen LogP contribution in [0.25, 0.3) is 0 Å². The molecule has 0 aliphatic carbocycles. The van der Waals surface area contributed by atoms with Crippen LogP contribution in [0.15, 0.2) is 11.0 Å². The number of nitrogen functional groups attached to an aromatic ring is 1. The summed E-state index contributed by atoms with van der Waals surface area (Å²) in [6.07, 6.45) is -0.0495. The van der Waals surface area contributed by atoms with Gasteiger partial charge in [-0.05, 0) is 0 Å². The van der Waals surface area contributed by atoms with Crippen molar-refractivity contribution < 1.29 is 23.7 Å². The van der Waals surface area contributed by atoms with Gasteiger partial charge in [0.15, 0.2) is 29.6 Å². The predicted molar refractivity (Wildman–Crippen MR) is 62.5 cm³/mol. The van der Waals surface area contributed by atoms with E-state index in [0.29, 0.717) is 10.8 Å². The van der Waals surface area contributed by atoms with Gasteiger partial charge in [-0.3, -0.25) is 4.57 Å². The van der Waals surface area contributed by atoms with Crippen molar-refractivity contribution in [1.82, 2.24) is 9.55 Å². The van der Waals surface area contributed by atoms with Crippen LogP contribution in [0, 0.1) is 18.2 Å². The van der Waals surface area contributed by atoms with Crippen molar-refractivity contribution in [3.63, 3.8) is 0 Å². The number of hydrogen-bond donors (Lipinski definition) is 3. The Hall–Kier alpha value is -2.02. The van der Waals surface area contributed by atoms with Gasteiger partial charge in [0.1, 0.15) is 6.10 Å². The van der Waals surface area contributed by atoms with Gasteiger partial charge >= 0.3 is 5.69 Å². The zero-order valence-electron chi connectivity index (χ0n) is 10.0. The zero-order chi connectivity index (χ0) is 15.1. The summed E-state index contributed by atoms with van der Waals surface area (Å²) < 4.78 is 32.9. The van der Waals surface area contributed by atoms with E-state index in [1.807, 2.05) is 5.92 Å². The fraction of sp³-hybridized carbons (Fsp3) is 0.455. The summed E-state index contributed by atoms with van der Waals surface area (Å²) in [5.41, 5.74) is 2.01. The number of hydrogen-bond acceptors (Lipinski definition) is 6. The maximum Gasteiger partial charge on any atom is 0.351 e. The van der Waals surface area contributed by atoms with E-state index in [0.717, 1.165) is 0 Å². The Labute approximate surface area is 111 Å². The van der Waals surface area contributed by atoms with Crippen molar-refractivity contribution in [1.29, 1.82) is 0 Å². The number of aliphatic hydroxyl groups excluding tert-OH is 2. The zero-order valence-corrected chi connectivity index (χ0v) is 10.0. The minimum absolute atomic E-state index is 0.480. The fourth-order valence-electron chi connectivity index (χ4n) is 1.91. The molecule has 4 atom stereocenters. The molecule has 0 amide bonds. The van der Waals surface area contributed by atoms with Crippen molar-refractivity contribution in [2.24, 2.45) is 0 Å². The third-order valence-corrected chi connectivity index (χ3v) is 3.07. The van der Waals surface area contributed by atoms with Crippen LogP contribution in [-0.2, 0) is 4.74 Å². The van der Waals surface area contributed by atoms with E-state index in [4.69, 9.17) is 22.0 Å². The predicted octanol–water partition coefficient (Wildman–Crippen LogP) is -1.44. The molecular weight excluding hydrogens is 276 g/mol. The molecule has 7 nitrogen and oxygen atoms in total. The van der Waals surface area contributed by atoms with Crippen LogP contribution < -0.4 is 11.4 Å². The van der Waals surface area contributed by atoms with Crippen LogP contribution in [0.5, 0.6) is 0 Å². The molecule has 2 heterocycles. The summed E-state index contributed by atoms with van der Waals surface area (Å²) in [4.78, 5) is 14.7. The molecular formula is C11H11F2N3O4. The highest BCUT2D eigenvalue weighted by atomic mass is 19.1. The average Bonchev–Trinajstić information content (AvgIpc) is 2.68. The van der Waals surface area contributed by atoms with Crippen molar-refractivity contribution in [2.45, 2.75) is 24.1 Å². The molecule has 0 saturated carbocycles. The summed E-state index contributed by atoms with van der Waals surface area (Å²) in [5.74, 6) is 0.230. The monoisotopic (exact) mass is 287 g/mol. The molecule has 1 saturated heterocycles. The number of rotatable bonds is 2. The Bertz CT molecular complexity index is 629. The summed E-state index contributed by atoms with van der Waals surface area (Å²) >= 11 is 0. The topological polar surface area (TPSA) is 111 Å². The first kappa shape index (κ1) is 14.4. The first-order valence-corrected chi connectivity index (χ1v) is 5.49. The van der Waals surface area contributed by atoms with E-state index < -0.39 is 48.0 Å². The molecule has 2 rings (SSSR count). The highest BCUT2D eigenvalue weighted by Crippen LogP contribution is 2.38. The number of terminal acetylenes is 1. The number of aliphatic hydroxyl groups is 2. The summed E-state index contributed by atoms with van der Waals surface area (Å²) in [6.45, 7) is -0.874. The first-order valence-electron chi connectivity index (χ1n) is 5.49. The Morgan fingerprint density at radius 2 is 2.35 bits per heavy atom. The van der Waals surface area contributed by atoms with Crippen molar-refractivity contribution in [3.8, 4) is 12.3 Å². The second-order valence-corrected chi connectivity index (χ2v) is 4.25. The molecule has 0 spiro atoms. The Kier molecular flexibility index (Phi) is 3.47. The van der Waals surface area contributed by atoms with Gasteiger partial charge in [-0.25, -0.2) is 13.6 Å². The van der Waals surface area contributed by atoms with E-state index >= 15 is 0 Å². The number of alkyl halides is 1. The Morgan fingerprint density at radius 3 is 2.85 bits per heavy atom. The van der Waals surface area contributed by atoms with Gasteiger partial charge in [-0.15, -0.1) is 6.42 Å². The molecule has 1 aromatic rings. The van der Waals surface area contributed by atoms with Crippen molar-refractivity contribution >= 4 is 5.82 Å². The highest BCUT2D eigenvalue weighted by molar-refractivity contribution is 5.27. The minimum Gasteiger partial charge on any atom is -0.392 e. The number of nitrogens with zero attached hydrogens (tertiary/aromatic N) is 2. The number of aromatic nitrogens is 2. The Balaban J connectivity index is 2.48. The van der Waals surface area contributed by atoms with E-state index in [2.05, 4.69) is 4.98 Å². The molecule has 0 radical (unpaired) electrons. The SMILES string of the molecule is C#C[C@]1(CO)O[C@@H](n2cc(F)c(N)nc2=O)[C@@H](F)[C@@H]1O. The second kappa shape index (κ2) is 4.82. The van der Waals surface area contributed by atoms with Gasteiger partial charge in [0.25, 0.3) is 0 Å². The molecule has 4 N–H and O–H groups in total. The number of halogens is 2. The summed E-state index contributed by atoms with van der Waals surface area (Å²) in [6, 6.07) is 0. The number of nitrogens with two attached hydrogens (primary N) is 1. The van der Waals surface area contributed by atoms with E-state index in [9.17, 15) is 18.7 Å². The maximum absolute atomic E-state index is 14.0. The van der Waals surface area contributed by atoms with E-state index in [1.165, 1.54) is 0 Å². The number of anilines is 1. The minimum atomic E-state index is -2.15. The first-order chi connectivity index (χ1) is 9.36. The van der Waals surface area contributed by atoms with E-state index in [-0.39, 0.29) is 0 Å². The molecule has 9 heteroatoms. The molecule has 1 aliphatic rings. The Morgan fingerprint density at radius 1 is 1.70 bits per heavy atom. The van der Waals surface area contributed by atoms with Crippen LogP contribution in [0.3, 0.4) is 0 Å². The molecule has 1 aromatic heterocycles. The van der Waals surface area contributed by atoms with Gasteiger partial charge in [0, 0.05) is 0 Å². The van der Waals surface area contributed by atoms with Crippen molar-refractivity contribution in [2.75, 3.05) is 12.3 Å². The van der Waals surface area contributed by atoms with Gasteiger partial charge in [-0.2, -0.15) is 4.98 Å². The normalized spacial score (nSPS) is 33.0. The average molecular weight is 287 g/mol. The smallest absolute Gasteiger partial charge is 0.351 e. The second-order valence-electron chi connectivity index (χ2n) is 4.25. The molecule has 0 aromatic carbocycles. The lowest BCUT2D eigenvalue weighted by molar-refractivity contribution is -0.0924. The van der Waals surface area contributed by atoms with Crippen LogP contribution in [0.2, 0.25) is 0 Å². The quantitative estimate of drug-likeness (QED) is 0.574. The molecule has 20 heavy (non-hydrogen) atoms. The summed E-state index contributed by atoms with van der Waals surface area (Å²) in [7, 11) is 0. The van der Waals surface area contributed by atoms with Gasteiger partial charge in [0.05, 0.1) is 12.8 Å². The molecule has 1 aliphatic heterocycles. The van der Waals surface area contributed by atoms with Crippen molar-refractivity contribution in [3.05, 3.63) is 22.5 Å². The largest absolute Gasteiger partial charge is 0.392 e. The van der Waals surface area contributed by atoms with Crippen LogP contribution in [-0.4, -0.2) is 44.2 Å². The standard InChI is InChI=1S/C11H11F2N3O4/c1-2-11(4-17)7(18)6(13)9(20-11)16-3-5(12)8(14)15-10(16)19/h1,3,6-7,9,17-18H,4H2,(H2,14,15,19)/t6-,7-,9+,11+/m0/s1. The lowest BCUT2D eigenvalue weighted by Gasteiger charge is -2.23. The third-order valence-electron chi connectivity index (χ3n) is 3.07. The summed E-state index contributed by atoms with van der Waals surface area (Å²) in [5, 5.41) is 18.8. The molecule has 108 valence electrons. The lowest BCUT2D eigenvalue weighted by atomic mass is 9.98. The molecule has 0 unspecified atom stereocenters. The van der Waals surface area contributed by atoms with E-state index in [1.54, 1.807) is 0 Å². The van der Waals surface area contributed by atoms with Crippen LogP contribution in [0.4, 0.5) is 14.6 Å². The van der Waals surface area contributed by atoms with Crippen LogP contribution >= 0.6 is 0 Å².